The van der Waals surface area contributed by atoms with Crippen LogP contribution in [-0.4, -0.2) is 5.78 Å². The van der Waals surface area contributed by atoms with E-state index in [4.69, 9.17) is 0 Å². The number of hydrogen-bond donors (Lipinski definition) is 0. The number of carbonyl (C=O) groups is 1. The molecule has 0 atom stereocenters. The fourth-order valence-electron chi connectivity index (χ4n) is 3.14. The van der Waals surface area contributed by atoms with Crippen LogP contribution in [-0.2, 0) is 0 Å². The van der Waals surface area contributed by atoms with E-state index in [2.05, 4.69) is 12.1 Å². The number of carbonyl (C=O) groups excluding carboxylic acids is 1. The molecular formula is C21H22O. The zero-order valence-corrected chi connectivity index (χ0v) is 12.9. The quantitative estimate of drug-likeness (QED) is 0.667. The van der Waals surface area contributed by atoms with Crippen LogP contribution < -0.4 is 0 Å². The molecular weight excluding hydrogens is 268 g/mol. The van der Waals surface area contributed by atoms with Crippen LogP contribution in [0.15, 0.2) is 60.7 Å². The standard InChI is InChI=1S/C21H22O/c22-21(18-13-7-4-8-14-18)20-16-10-9-15-19(20)17-11-5-2-1-3-6-12-17/h4,7-11,13-16H,1-3,5-6,12H2/b17-11+. The maximum atomic E-state index is 12.8. The summed E-state index contributed by atoms with van der Waals surface area (Å²) < 4.78 is 0. The van der Waals surface area contributed by atoms with Gasteiger partial charge in [-0.15, -0.1) is 0 Å². The Kier molecular flexibility index (Phi) is 4.85. The van der Waals surface area contributed by atoms with E-state index in [1.165, 1.54) is 31.3 Å². The Balaban J connectivity index is 1.97. The van der Waals surface area contributed by atoms with Gasteiger partial charge in [-0.1, -0.05) is 73.5 Å². The van der Waals surface area contributed by atoms with Crippen LogP contribution in [0.1, 0.15) is 60.0 Å². The van der Waals surface area contributed by atoms with Crippen molar-refractivity contribution in [1.82, 2.24) is 0 Å². The van der Waals surface area contributed by atoms with E-state index < -0.39 is 0 Å². The van der Waals surface area contributed by atoms with Gasteiger partial charge in [0.15, 0.2) is 5.78 Å². The normalized spacial score (nSPS) is 17.9. The van der Waals surface area contributed by atoms with Crippen LogP contribution in [0.5, 0.6) is 0 Å². The minimum Gasteiger partial charge on any atom is -0.289 e. The van der Waals surface area contributed by atoms with E-state index in [1.54, 1.807) is 0 Å². The van der Waals surface area contributed by atoms with Gasteiger partial charge in [0.2, 0.25) is 0 Å². The van der Waals surface area contributed by atoms with Crippen molar-refractivity contribution < 1.29 is 4.79 Å². The SMILES string of the molecule is O=C(c1ccccc1)c1ccccc1/C1=C/CCCCCC1. The molecule has 2 aromatic rings. The predicted octanol–water partition coefficient (Wildman–Crippen LogP) is 5.66. The highest BCUT2D eigenvalue weighted by molar-refractivity contribution is 6.11. The third-order valence-electron chi connectivity index (χ3n) is 4.34. The topological polar surface area (TPSA) is 17.1 Å². The molecule has 0 saturated carbocycles. The van der Waals surface area contributed by atoms with Gasteiger partial charge in [0.25, 0.3) is 0 Å². The molecule has 0 radical (unpaired) electrons. The number of allylic oxidation sites excluding steroid dienone is 2. The van der Waals surface area contributed by atoms with Gasteiger partial charge >= 0.3 is 0 Å². The second-order valence-corrected chi connectivity index (χ2v) is 5.92. The summed E-state index contributed by atoms with van der Waals surface area (Å²) in [5, 5.41) is 0. The third kappa shape index (κ3) is 3.36. The molecule has 0 aromatic heterocycles. The first-order chi connectivity index (χ1) is 10.9. The fourth-order valence-corrected chi connectivity index (χ4v) is 3.14. The molecule has 2 aromatic carbocycles. The van der Waals surface area contributed by atoms with Crippen molar-refractivity contribution in [2.24, 2.45) is 0 Å². The molecule has 0 spiro atoms. The molecule has 1 heteroatoms. The van der Waals surface area contributed by atoms with Crippen molar-refractivity contribution in [2.75, 3.05) is 0 Å². The van der Waals surface area contributed by atoms with Crippen molar-refractivity contribution in [3.8, 4) is 0 Å². The van der Waals surface area contributed by atoms with Gasteiger partial charge in [-0.05, 0) is 36.8 Å². The maximum absolute atomic E-state index is 12.8. The van der Waals surface area contributed by atoms with E-state index >= 15 is 0 Å². The summed E-state index contributed by atoms with van der Waals surface area (Å²) >= 11 is 0. The smallest absolute Gasteiger partial charge is 0.193 e. The Hall–Kier alpha value is -2.15. The molecule has 0 N–H and O–H groups in total. The zero-order valence-electron chi connectivity index (χ0n) is 12.9. The van der Waals surface area contributed by atoms with Gasteiger partial charge in [0.05, 0.1) is 0 Å². The van der Waals surface area contributed by atoms with Crippen LogP contribution in [0.25, 0.3) is 5.57 Å². The molecule has 0 unspecified atom stereocenters. The highest BCUT2D eigenvalue weighted by Crippen LogP contribution is 2.29. The van der Waals surface area contributed by atoms with Gasteiger partial charge in [0.1, 0.15) is 0 Å². The molecule has 0 heterocycles. The lowest BCUT2D eigenvalue weighted by atomic mass is 9.89. The minimum atomic E-state index is 0.124. The summed E-state index contributed by atoms with van der Waals surface area (Å²) in [5.41, 5.74) is 4.07. The Morgan fingerprint density at radius 2 is 1.50 bits per heavy atom. The summed E-state index contributed by atoms with van der Waals surface area (Å²) in [6.45, 7) is 0. The van der Waals surface area contributed by atoms with Crippen LogP contribution in [0, 0.1) is 0 Å². The molecule has 0 fully saturated rings. The van der Waals surface area contributed by atoms with Crippen LogP contribution >= 0.6 is 0 Å². The summed E-state index contributed by atoms with van der Waals surface area (Å²) in [6.07, 6.45) is 9.66. The molecule has 0 bridgehead atoms. The van der Waals surface area contributed by atoms with Crippen molar-refractivity contribution in [3.05, 3.63) is 77.4 Å². The second kappa shape index (κ2) is 7.22. The molecule has 1 nitrogen and oxygen atoms in total. The minimum absolute atomic E-state index is 0.124. The Morgan fingerprint density at radius 3 is 2.36 bits per heavy atom. The molecule has 22 heavy (non-hydrogen) atoms. The second-order valence-electron chi connectivity index (χ2n) is 5.92. The molecule has 0 aliphatic heterocycles. The largest absolute Gasteiger partial charge is 0.289 e. The number of hydrogen-bond acceptors (Lipinski definition) is 1. The van der Waals surface area contributed by atoms with E-state index in [9.17, 15) is 4.79 Å². The zero-order chi connectivity index (χ0) is 15.2. The van der Waals surface area contributed by atoms with Gasteiger partial charge in [-0.2, -0.15) is 0 Å². The number of benzene rings is 2. The number of ketones is 1. The Bertz CT molecular complexity index is 667. The molecule has 1 aliphatic rings. The first-order valence-corrected chi connectivity index (χ1v) is 8.24. The average molecular weight is 290 g/mol. The first-order valence-electron chi connectivity index (χ1n) is 8.24. The molecule has 0 amide bonds. The summed E-state index contributed by atoms with van der Waals surface area (Å²) in [7, 11) is 0. The average Bonchev–Trinajstić information content (AvgIpc) is 2.55. The molecule has 0 saturated heterocycles. The van der Waals surface area contributed by atoms with Crippen molar-refractivity contribution >= 4 is 11.4 Å². The molecule has 3 rings (SSSR count). The van der Waals surface area contributed by atoms with Crippen LogP contribution in [0.2, 0.25) is 0 Å². The van der Waals surface area contributed by atoms with Gasteiger partial charge in [0, 0.05) is 11.1 Å². The van der Waals surface area contributed by atoms with Gasteiger partial charge in [-0.25, -0.2) is 0 Å². The lowest BCUT2D eigenvalue weighted by Gasteiger charge is -2.15. The monoisotopic (exact) mass is 290 g/mol. The highest BCUT2D eigenvalue weighted by atomic mass is 16.1. The lowest BCUT2D eigenvalue weighted by molar-refractivity contribution is 0.103. The summed E-state index contributed by atoms with van der Waals surface area (Å²) in [5.74, 6) is 0.124. The highest BCUT2D eigenvalue weighted by Gasteiger charge is 2.15. The van der Waals surface area contributed by atoms with Crippen molar-refractivity contribution in [1.29, 1.82) is 0 Å². The first kappa shape index (κ1) is 14.8. The van der Waals surface area contributed by atoms with E-state index in [0.717, 1.165) is 29.5 Å². The summed E-state index contributed by atoms with van der Waals surface area (Å²) in [4.78, 5) is 12.8. The number of rotatable bonds is 3. The van der Waals surface area contributed by atoms with E-state index in [1.807, 2.05) is 48.5 Å². The van der Waals surface area contributed by atoms with Gasteiger partial charge in [-0.3, -0.25) is 4.79 Å². The van der Waals surface area contributed by atoms with Crippen molar-refractivity contribution in [2.45, 2.75) is 38.5 Å². The molecule has 112 valence electrons. The third-order valence-corrected chi connectivity index (χ3v) is 4.34. The Labute approximate surface area is 132 Å². The summed E-state index contributed by atoms with van der Waals surface area (Å²) in [6, 6.07) is 17.6. The van der Waals surface area contributed by atoms with Crippen molar-refractivity contribution in [3.63, 3.8) is 0 Å². The lowest BCUT2D eigenvalue weighted by Crippen LogP contribution is -2.05. The van der Waals surface area contributed by atoms with Gasteiger partial charge < -0.3 is 0 Å². The predicted molar refractivity (Wildman–Crippen MR) is 92.0 cm³/mol. The Morgan fingerprint density at radius 1 is 0.773 bits per heavy atom. The van der Waals surface area contributed by atoms with E-state index in [-0.39, 0.29) is 5.78 Å². The van der Waals surface area contributed by atoms with E-state index in [0.29, 0.717) is 0 Å². The van der Waals surface area contributed by atoms with Crippen LogP contribution in [0.3, 0.4) is 0 Å². The van der Waals surface area contributed by atoms with Crippen LogP contribution in [0.4, 0.5) is 0 Å². The maximum Gasteiger partial charge on any atom is 0.193 e. The fraction of sp³-hybridized carbons (Fsp3) is 0.286. The molecule has 1 aliphatic carbocycles.